The van der Waals surface area contributed by atoms with E-state index in [2.05, 4.69) is 10.3 Å². The second kappa shape index (κ2) is 4.77. The molecule has 2 aromatic rings. The van der Waals surface area contributed by atoms with E-state index in [9.17, 15) is 10.1 Å². The Balaban J connectivity index is 2.25. The maximum absolute atomic E-state index is 12.3. The fourth-order valence-corrected chi connectivity index (χ4v) is 2.61. The highest BCUT2D eigenvalue weighted by Crippen LogP contribution is 2.35. The number of para-hydroxylation sites is 2. The first-order valence-electron chi connectivity index (χ1n) is 6.86. The molecule has 7 nitrogen and oxygen atoms in total. The van der Waals surface area contributed by atoms with E-state index in [1.54, 1.807) is 18.4 Å². The summed E-state index contributed by atoms with van der Waals surface area (Å²) in [6.45, 7) is 3.49. The Morgan fingerprint density at radius 3 is 2.95 bits per heavy atom. The van der Waals surface area contributed by atoms with Crippen LogP contribution in [0.2, 0.25) is 0 Å². The lowest BCUT2D eigenvalue weighted by Gasteiger charge is -2.33. The minimum Gasteiger partial charge on any atom is -0.464 e. The standard InChI is InChI=1S/C15H15N5O2/c1-3-22-13(21)15(2)9(8-16)12(17)20-11-7-5-4-6-10(11)18-14(20)19-15/h4-7H,3,17H2,1-2H3,(H,18,19). The van der Waals surface area contributed by atoms with Gasteiger partial charge in [-0.3, -0.25) is 4.57 Å². The monoisotopic (exact) mass is 297 g/mol. The molecule has 1 aromatic carbocycles. The fraction of sp³-hybridized carbons (Fsp3) is 0.267. The third kappa shape index (κ3) is 1.74. The molecule has 3 rings (SSSR count). The minimum absolute atomic E-state index is 0.113. The topological polar surface area (TPSA) is 106 Å². The van der Waals surface area contributed by atoms with Crippen LogP contribution in [0.3, 0.4) is 0 Å². The number of nitrogens with one attached hydrogen (secondary N) is 1. The number of imidazole rings is 1. The number of ether oxygens (including phenoxy) is 1. The molecule has 3 N–H and O–H groups in total. The molecule has 22 heavy (non-hydrogen) atoms. The van der Waals surface area contributed by atoms with Gasteiger partial charge in [0.1, 0.15) is 17.5 Å². The van der Waals surface area contributed by atoms with Gasteiger partial charge >= 0.3 is 5.97 Å². The summed E-state index contributed by atoms with van der Waals surface area (Å²) in [7, 11) is 0. The number of anilines is 1. The molecule has 0 amide bonds. The maximum Gasteiger partial charge on any atom is 0.337 e. The summed E-state index contributed by atoms with van der Waals surface area (Å²) in [5, 5.41) is 12.5. The van der Waals surface area contributed by atoms with Crippen LogP contribution in [0.5, 0.6) is 0 Å². The Morgan fingerprint density at radius 2 is 2.27 bits per heavy atom. The largest absolute Gasteiger partial charge is 0.464 e. The van der Waals surface area contributed by atoms with E-state index in [0.717, 1.165) is 11.0 Å². The van der Waals surface area contributed by atoms with Crippen molar-refractivity contribution < 1.29 is 9.53 Å². The van der Waals surface area contributed by atoms with Gasteiger partial charge in [-0.15, -0.1) is 0 Å². The van der Waals surface area contributed by atoms with E-state index in [-0.39, 0.29) is 18.0 Å². The third-order valence-electron chi connectivity index (χ3n) is 3.72. The number of esters is 1. The molecule has 0 spiro atoms. The number of nitriles is 1. The van der Waals surface area contributed by atoms with Gasteiger partial charge in [0.2, 0.25) is 5.95 Å². The van der Waals surface area contributed by atoms with Gasteiger partial charge in [-0.05, 0) is 26.0 Å². The zero-order valence-electron chi connectivity index (χ0n) is 12.3. The average molecular weight is 297 g/mol. The maximum atomic E-state index is 12.3. The van der Waals surface area contributed by atoms with Gasteiger partial charge in [0.25, 0.3) is 0 Å². The lowest BCUT2D eigenvalue weighted by atomic mass is 9.91. The molecule has 112 valence electrons. The number of nitrogens with zero attached hydrogens (tertiary/aromatic N) is 3. The smallest absolute Gasteiger partial charge is 0.337 e. The van der Waals surface area contributed by atoms with Crippen molar-refractivity contribution in [1.82, 2.24) is 9.55 Å². The molecular weight excluding hydrogens is 282 g/mol. The zero-order chi connectivity index (χ0) is 15.9. The van der Waals surface area contributed by atoms with Crippen LogP contribution >= 0.6 is 0 Å². The molecule has 0 saturated carbocycles. The number of carbonyl (C=O) groups is 1. The molecule has 1 aliphatic heterocycles. The highest BCUT2D eigenvalue weighted by molar-refractivity contribution is 5.96. The Kier molecular flexibility index (Phi) is 3.03. The molecule has 2 heterocycles. The fourth-order valence-electron chi connectivity index (χ4n) is 2.61. The van der Waals surface area contributed by atoms with E-state index in [0.29, 0.717) is 5.95 Å². The number of hydrogen-bond acceptors (Lipinski definition) is 6. The number of rotatable bonds is 2. The molecule has 1 unspecified atom stereocenters. The predicted molar refractivity (Wildman–Crippen MR) is 81.4 cm³/mol. The van der Waals surface area contributed by atoms with Crippen molar-refractivity contribution in [2.45, 2.75) is 19.4 Å². The summed E-state index contributed by atoms with van der Waals surface area (Å²) in [6, 6.07) is 9.42. The van der Waals surface area contributed by atoms with Crippen LogP contribution < -0.4 is 11.1 Å². The number of benzene rings is 1. The van der Waals surface area contributed by atoms with E-state index in [1.165, 1.54) is 0 Å². The molecular formula is C15H15N5O2. The molecule has 1 aliphatic rings. The van der Waals surface area contributed by atoms with Gasteiger partial charge in [-0.1, -0.05) is 12.1 Å². The SMILES string of the molecule is CCOC(=O)C1(C)Nc2nc3ccccc3n2C(N)=C1C#N. The molecule has 1 atom stereocenters. The number of fused-ring (bicyclic) bond motifs is 3. The summed E-state index contributed by atoms with van der Waals surface area (Å²) in [5.74, 6) is 0.0292. The minimum atomic E-state index is -1.35. The van der Waals surface area contributed by atoms with Crippen LogP contribution in [0.1, 0.15) is 13.8 Å². The molecule has 0 aliphatic carbocycles. The Morgan fingerprint density at radius 1 is 1.55 bits per heavy atom. The van der Waals surface area contributed by atoms with Gasteiger partial charge in [-0.2, -0.15) is 5.26 Å². The van der Waals surface area contributed by atoms with Crippen LogP contribution in [-0.4, -0.2) is 27.7 Å². The second-order valence-electron chi connectivity index (χ2n) is 5.10. The molecule has 0 radical (unpaired) electrons. The first-order chi connectivity index (χ1) is 10.5. The van der Waals surface area contributed by atoms with E-state index in [4.69, 9.17) is 10.5 Å². The highest BCUT2D eigenvalue weighted by Gasteiger charge is 2.45. The van der Waals surface area contributed by atoms with Crippen molar-refractivity contribution in [3.63, 3.8) is 0 Å². The Labute approximate surface area is 127 Å². The predicted octanol–water partition coefficient (Wildman–Crippen LogP) is 1.43. The van der Waals surface area contributed by atoms with Gasteiger partial charge in [0.05, 0.1) is 17.6 Å². The zero-order valence-corrected chi connectivity index (χ0v) is 12.3. The van der Waals surface area contributed by atoms with E-state index >= 15 is 0 Å². The molecule has 7 heteroatoms. The summed E-state index contributed by atoms with van der Waals surface area (Å²) in [6.07, 6.45) is 0. The van der Waals surface area contributed by atoms with Crippen LogP contribution in [0, 0.1) is 11.3 Å². The number of nitrogens with two attached hydrogens (primary N) is 1. The van der Waals surface area contributed by atoms with Crippen LogP contribution in [0.4, 0.5) is 5.95 Å². The third-order valence-corrected chi connectivity index (χ3v) is 3.72. The first-order valence-corrected chi connectivity index (χ1v) is 6.86. The lowest BCUT2D eigenvalue weighted by molar-refractivity contribution is -0.146. The molecule has 0 fully saturated rings. The van der Waals surface area contributed by atoms with Gasteiger partial charge in [0, 0.05) is 0 Å². The van der Waals surface area contributed by atoms with Gasteiger partial charge < -0.3 is 15.8 Å². The van der Waals surface area contributed by atoms with Crippen LogP contribution in [-0.2, 0) is 9.53 Å². The van der Waals surface area contributed by atoms with Crippen molar-refractivity contribution in [1.29, 1.82) is 5.26 Å². The average Bonchev–Trinajstić information content (AvgIpc) is 2.85. The molecule has 1 aromatic heterocycles. The summed E-state index contributed by atoms with van der Waals surface area (Å²) >= 11 is 0. The molecule has 0 bridgehead atoms. The van der Waals surface area contributed by atoms with Crippen molar-refractivity contribution in [3.8, 4) is 6.07 Å². The Bertz CT molecular complexity index is 845. The van der Waals surface area contributed by atoms with Crippen LogP contribution in [0.15, 0.2) is 29.8 Å². The number of hydrogen-bond donors (Lipinski definition) is 2. The summed E-state index contributed by atoms with van der Waals surface area (Å²) < 4.78 is 6.71. The lowest BCUT2D eigenvalue weighted by Crippen LogP contribution is -2.50. The van der Waals surface area contributed by atoms with Gasteiger partial charge in [0.15, 0.2) is 5.54 Å². The number of carbonyl (C=O) groups excluding carboxylic acids is 1. The highest BCUT2D eigenvalue weighted by atomic mass is 16.5. The summed E-state index contributed by atoms with van der Waals surface area (Å²) in [4.78, 5) is 16.7. The normalized spacial score (nSPS) is 20.2. The van der Waals surface area contributed by atoms with Crippen molar-refractivity contribution in [2.24, 2.45) is 5.73 Å². The quantitative estimate of drug-likeness (QED) is 0.812. The van der Waals surface area contributed by atoms with E-state index in [1.807, 2.05) is 30.3 Å². The van der Waals surface area contributed by atoms with Crippen molar-refractivity contribution in [3.05, 3.63) is 29.8 Å². The summed E-state index contributed by atoms with van der Waals surface area (Å²) in [5.41, 5.74) is 6.40. The first kappa shape index (κ1) is 13.9. The molecule has 0 saturated heterocycles. The number of aromatic nitrogens is 2. The van der Waals surface area contributed by atoms with Crippen molar-refractivity contribution in [2.75, 3.05) is 11.9 Å². The van der Waals surface area contributed by atoms with Crippen molar-refractivity contribution >= 4 is 28.8 Å². The second-order valence-corrected chi connectivity index (χ2v) is 5.10. The van der Waals surface area contributed by atoms with Crippen LogP contribution in [0.25, 0.3) is 16.9 Å². The van der Waals surface area contributed by atoms with E-state index < -0.39 is 11.5 Å². The van der Waals surface area contributed by atoms with Gasteiger partial charge in [-0.25, -0.2) is 9.78 Å². The Hall–Kier alpha value is -3.01.